The van der Waals surface area contributed by atoms with Crippen LogP contribution in [0, 0.1) is 11.6 Å². The number of fused-ring (bicyclic) bond motifs is 1. The summed E-state index contributed by atoms with van der Waals surface area (Å²) in [7, 11) is 0. The molecule has 0 fully saturated rings. The zero-order chi connectivity index (χ0) is 14.8. The normalized spacial score (nSPS) is 15.0. The van der Waals surface area contributed by atoms with Gasteiger partial charge in [0.1, 0.15) is 0 Å². The van der Waals surface area contributed by atoms with Crippen LogP contribution in [0.4, 0.5) is 8.78 Å². The molecule has 2 aromatic carbocycles. The summed E-state index contributed by atoms with van der Waals surface area (Å²) in [6, 6.07) is 10.1. The van der Waals surface area contributed by atoms with Gasteiger partial charge in [0.05, 0.1) is 6.04 Å². The number of rotatable bonds is 4. The molecule has 110 valence electrons. The maximum Gasteiger partial charge on any atom is 0.159 e. The first-order valence-corrected chi connectivity index (χ1v) is 7.19. The van der Waals surface area contributed by atoms with E-state index in [1.807, 2.05) is 0 Å². The Hall–Kier alpha value is -1.78. The van der Waals surface area contributed by atoms with Crippen molar-refractivity contribution in [2.24, 2.45) is 5.84 Å². The molecule has 0 saturated heterocycles. The number of hydrogen-bond acceptors (Lipinski definition) is 2. The molecule has 0 bridgehead atoms. The summed E-state index contributed by atoms with van der Waals surface area (Å²) in [5, 5.41) is 0. The van der Waals surface area contributed by atoms with Crippen LogP contribution < -0.4 is 11.3 Å². The van der Waals surface area contributed by atoms with Crippen molar-refractivity contribution >= 4 is 0 Å². The average Bonchev–Trinajstić information content (AvgIpc) is 2.95. The molecule has 0 aliphatic heterocycles. The van der Waals surface area contributed by atoms with Gasteiger partial charge in [0.15, 0.2) is 11.6 Å². The van der Waals surface area contributed by atoms with Gasteiger partial charge in [-0.2, -0.15) is 0 Å². The average molecular weight is 288 g/mol. The first kappa shape index (κ1) is 14.2. The molecule has 1 unspecified atom stereocenters. The first-order chi connectivity index (χ1) is 10.2. The number of benzene rings is 2. The molecule has 1 aliphatic carbocycles. The molecular formula is C17H18F2N2. The van der Waals surface area contributed by atoms with Crippen molar-refractivity contribution in [1.82, 2.24) is 5.43 Å². The summed E-state index contributed by atoms with van der Waals surface area (Å²) in [6.45, 7) is 0. The van der Waals surface area contributed by atoms with Crippen LogP contribution in [-0.2, 0) is 19.3 Å². The molecule has 4 heteroatoms. The number of halogens is 2. The lowest BCUT2D eigenvalue weighted by Gasteiger charge is -2.17. The minimum absolute atomic E-state index is 0.237. The Bertz CT molecular complexity index is 655. The van der Waals surface area contributed by atoms with Gasteiger partial charge in [-0.05, 0) is 60.1 Å². The van der Waals surface area contributed by atoms with E-state index in [2.05, 4.69) is 23.6 Å². The standard InChI is InChI=1S/C17H18F2N2/c18-15-7-6-14(10-16(15)19)17(21-20)9-11-4-5-12-2-1-3-13(12)8-11/h4-8,10,17,21H,1-3,9,20H2. The fourth-order valence-electron chi connectivity index (χ4n) is 2.99. The number of hydrogen-bond donors (Lipinski definition) is 2. The maximum absolute atomic E-state index is 13.4. The van der Waals surface area contributed by atoms with Crippen LogP contribution >= 0.6 is 0 Å². The van der Waals surface area contributed by atoms with Crippen molar-refractivity contribution < 1.29 is 8.78 Å². The zero-order valence-electron chi connectivity index (χ0n) is 11.7. The predicted octanol–water partition coefficient (Wildman–Crippen LogP) is 3.20. The Morgan fingerprint density at radius 2 is 1.81 bits per heavy atom. The molecule has 2 nitrogen and oxygen atoms in total. The van der Waals surface area contributed by atoms with Crippen molar-refractivity contribution in [2.45, 2.75) is 31.7 Å². The Kier molecular flexibility index (Phi) is 3.99. The van der Waals surface area contributed by atoms with Gasteiger partial charge in [0.25, 0.3) is 0 Å². The molecule has 1 atom stereocenters. The molecule has 0 heterocycles. The van der Waals surface area contributed by atoms with E-state index in [0.29, 0.717) is 12.0 Å². The highest BCUT2D eigenvalue weighted by atomic mass is 19.2. The van der Waals surface area contributed by atoms with Crippen molar-refractivity contribution in [1.29, 1.82) is 0 Å². The van der Waals surface area contributed by atoms with Crippen LogP contribution in [-0.4, -0.2) is 0 Å². The Morgan fingerprint density at radius 3 is 2.57 bits per heavy atom. The van der Waals surface area contributed by atoms with Gasteiger partial charge in [0, 0.05) is 0 Å². The highest BCUT2D eigenvalue weighted by molar-refractivity contribution is 5.36. The van der Waals surface area contributed by atoms with Gasteiger partial charge in [-0.1, -0.05) is 24.3 Å². The van der Waals surface area contributed by atoms with Gasteiger partial charge >= 0.3 is 0 Å². The second-order valence-electron chi connectivity index (χ2n) is 5.55. The molecule has 1 aliphatic rings. The van der Waals surface area contributed by atoms with E-state index in [-0.39, 0.29) is 6.04 Å². The molecule has 0 amide bonds. The van der Waals surface area contributed by atoms with E-state index in [9.17, 15) is 8.78 Å². The van der Waals surface area contributed by atoms with E-state index >= 15 is 0 Å². The number of nitrogens with one attached hydrogen (secondary N) is 1. The minimum Gasteiger partial charge on any atom is -0.271 e. The molecule has 0 aromatic heterocycles. The lowest BCUT2D eigenvalue weighted by molar-refractivity contribution is 0.497. The number of nitrogens with two attached hydrogens (primary N) is 1. The molecule has 0 spiro atoms. The second kappa shape index (κ2) is 5.92. The molecule has 3 rings (SSSR count). The van der Waals surface area contributed by atoms with E-state index in [1.54, 1.807) is 6.07 Å². The monoisotopic (exact) mass is 288 g/mol. The largest absolute Gasteiger partial charge is 0.271 e. The third-order valence-corrected chi connectivity index (χ3v) is 4.15. The second-order valence-corrected chi connectivity index (χ2v) is 5.55. The molecule has 0 saturated carbocycles. The van der Waals surface area contributed by atoms with Crippen molar-refractivity contribution in [3.8, 4) is 0 Å². The van der Waals surface area contributed by atoms with Crippen LogP contribution in [0.25, 0.3) is 0 Å². The summed E-state index contributed by atoms with van der Waals surface area (Å²) in [4.78, 5) is 0. The summed E-state index contributed by atoms with van der Waals surface area (Å²) < 4.78 is 26.4. The van der Waals surface area contributed by atoms with Crippen LogP contribution in [0.2, 0.25) is 0 Å². The van der Waals surface area contributed by atoms with Gasteiger partial charge in [-0.25, -0.2) is 8.78 Å². The summed E-state index contributed by atoms with van der Waals surface area (Å²) in [6.07, 6.45) is 4.13. The summed E-state index contributed by atoms with van der Waals surface area (Å²) in [5.41, 5.74) is 7.31. The smallest absolute Gasteiger partial charge is 0.159 e. The van der Waals surface area contributed by atoms with Crippen molar-refractivity contribution in [3.05, 3.63) is 70.3 Å². The van der Waals surface area contributed by atoms with Crippen LogP contribution in [0.5, 0.6) is 0 Å². The molecule has 0 radical (unpaired) electrons. The Morgan fingerprint density at radius 1 is 1.00 bits per heavy atom. The molecular weight excluding hydrogens is 270 g/mol. The highest BCUT2D eigenvalue weighted by Crippen LogP contribution is 2.26. The lowest BCUT2D eigenvalue weighted by Crippen LogP contribution is -2.29. The van der Waals surface area contributed by atoms with Crippen LogP contribution in [0.15, 0.2) is 36.4 Å². The molecule has 3 N–H and O–H groups in total. The zero-order valence-corrected chi connectivity index (χ0v) is 11.7. The fourth-order valence-corrected chi connectivity index (χ4v) is 2.99. The van der Waals surface area contributed by atoms with Crippen molar-refractivity contribution in [2.75, 3.05) is 0 Å². The van der Waals surface area contributed by atoms with Gasteiger partial charge in [-0.3, -0.25) is 11.3 Å². The SMILES string of the molecule is NNC(Cc1ccc2c(c1)CCC2)c1ccc(F)c(F)c1. The topological polar surface area (TPSA) is 38.0 Å². The van der Waals surface area contributed by atoms with Gasteiger partial charge in [-0.15, -0.1) is 0 Å². The first-order valence-electron chi connectivity index (χ1n) is 7.19. The minimum atomic E-state index is -0.846. The van der Waals surface area contributed by atoms with Crippen molar-refractivity contribution in [3.63, 3.8) is 0 Å². The Labute approximate surface area is 122 Å². The maximum atomic E-state index is 13.4. The van der Waals surface area contributed by atoms with E-state index in [0.717, 1.165) is 24.5 Å². The summed E-state index contributed by atoms with van der Waals surface area (Å²) >= 11 is 0. The molecule has 21 heavy (non-hydrogen) atoms. The third kappa shape index (κ3) is 2.96. The quantitative estimate of drug-likeness (QED) is 0.670. The third-order valence-electron chi connectivity index (χ3n) is 4.15. The number of aryl methyl sites for hydroxylation is 2. The Balaban J connectivity index is 1.82. The van der Waals surface area contributed by atoms with E-state index in [4.69, 9.17) is 5.84 Å². The summed E-state index contributed by atoms with van der Waals surface area (Å²) in [5.74, 6) is 3.90. The fraction of sp³-hybridized carbons (Fsp3) is 0.294. The van der Waals surface area contributed by atoms with Crippen LogP contribution in [0.3, 0.4) is 0 Å². The van der Waals surface area contributed by atoms with Crippen LogP contribution in [0.1, 0.15) is 34.7 Å². The number of hydrazine groups is 1. The van der Waals surface area contributed by atoms with E-state index in [1.165, 1.54) is 23.6 Å². The van der Waals surface area contributed by atoms with Gasteiger partial charge < -0.3 is 0 Å². The highest BCUT2D eigenvalue weighted by Gasteiger charge is 2.15. The van der Waals surface area contributed by atoms with Gasteiger partial charge in [0.2, 0.25) is 0 Å². The van der Waals surface area contributed by atoms with E-state index < -0.39 is 11.6 Å². The molecule has 2 aromatic rings. The predicted molar refractivity (Wildman–Crippen MR) is 78.6 cm³/mol. The lowest BCUT2D eigenvalue weighted by atomic mass is 9.97.